The van der Waals surface area contributed by atoms with E-state index in [-0.39, 0.29) is 0 Å². The molecule has 0 aliphatic heterocycles. The zero-order valence-electron chi connectivity index (χ0n) is 8.71. The lowest BCUT2D eigenvalue weighted by Crippen LogP contribution is -1.82. The van der Waals surface area contributed by atoms with Crippen LogP contribution in [0.3, 0.4) is 0 Å². The molecule has 3 nitrogen and oxygen atoms in total. The Morgan fingerprint density at radius 1 is 1.56 bits per heavy atom. The van der Waals surface area contributed by atoms with Crippen molar-refractivity contribution < 1.29 is 0 Å². The molecule has 0 amide bonds. The maximum Gasteiger partial charge on any atom is 0.134 e. The van der Waals surface area contributed by atoms with Gasteiger partial charge in [0, 0.05) is 23.5 Å². The molecule has 0 aliphatic carbocycles. The third-order valence-electron chi connectivity index (χ3n) is 1.97. The summed E-state index contributed by atoms with van der Waals surface area (Å²) < 4.78 is 0. The van der Waals surface area contributed by atoms with Crippen molar-refractivity contribution in [1.82, 2.24) is 9.97 Å². The van der Waals surface area contributed by atoms with Crippen molar-refractivity contribution in [2.45, 2.75) is 6.92 Å². The fourth-order valence-electron chi connectivity index (χ4n) is 1.25. The Labute approximate surface area is 97.7 Å². The second kappa shape index (κ2) is 4.69. The summed E-state index contributed by atoms with van der Waals surface area (Å²) in [7, 11) is 0. The number of nitrogens with zero attached hydrogens (tertiary/aromatic N) is 3. The molecule has 4 heteroatoms. The molecule has 78 valence electrons. The van der Waals surface area contributed by atoms with Gasteiger partial charge in [-0.15, -0.1) is 11.3 Å². The van der Waals surface area contributed by atoms with Crippen molar-refractivity contribution in [3.63, 3.8) is 0 Å². The van der Waals surface area contributed by atoms with E-state index in [1.165, 1.54) is 11.3 Å². The topological polar surface area (TPSA) is 49.6 Å². The van der Waals surface area contributed by atoms with E-state index in [0.717, 1.165) is 16.3 Å². The Bertz CT molecular complexity index is 549. The minimum Gasteiger partial charge on any atom is -0.264 e. The van der Waals surface area contributed by atoms with Crippen LogP contribution in [0.5, 0.6) is 0 Å². The van der Waals surface area contributed by atoms with Gasteiger partial charge in [-0.25, -0.2) is 4.98 Å². The number of rotatable bonds is 2. The number of hydrogen-bond acceptors (Lipinski definition) is 4. The summed E-state index contributed by atoms with van der Waals surface area (Å²) in [5.41, 5.74) is 2.42. The third kappa shape index (κ3) is 2.33. The Morgan fingerprint density at radius 3 is 3.00 bits per heavy atom. The van der Waals surface area contributed by atoms with Gasteiger partial charge in [0.05, 0.1) is 5.57 Å². The average Bonchev–Trinajstić information content (AvgIpc) is 2.74. The van der Waals surface area contributed by atoms with Crippen LogP contribution in [0.2, 0.25) is 0 Å². The predicted molar refractivity (Wildman–Crippen MR) is 64.6 cm³/mol. The standard InChI is InChI=1S/C12H9N3S/c1-9-8-16-12(15-9)11(6-13)5-10-3-2-4-14-7-10/h2-5,7-8H,1H3/b11-5+. The first-order chi connectivity index (χ1) is 7.79. The smallest absolute Gasteiger partial charge is 0.134 e. The number of aryl methyl sites for hydroxylation is 1. The second-order valence-corrected chi connectivity index (χ2v) is 4.11. The lowest BCUT2D eigenvalue weighted by molar-refractivity contribution is 1.24. The van der Waals surface area contributed by atoms with E-state index in [0.29, 0.717) is 5.57 Å². The van der Waals surface area contributed by atoms with E-state index in [9.17, 15) is 0 Å². The van der Waals surface area contributed by atoms with Crippen LogP contribution < -0.4 is 0 Å². The maximum absolute atomic E-state index is 9.08. The molecular formula is C12H9N3S. The minimum atomic E-state index is 0.575. The van der Waals surface area contributed by atoms with Gasteiger partial charge in [-0.05, 0) is 24.6 Å². The van der Waals surface area contributed by atoms with Crippen LogP contribution in [0.25, 0.3) is 11.6 Å². The Hall–Kier alpha value is -1.99. The monoisotopic (exact) mass is 227 g/mol. The molecule has 2 rings (SSSR count). The van der Waals surface area contributed by atoms with Crippen molar-refractivity contribution in [2.75, 3.05) is 0 Å². The average molecular weight is 227 g/mol. The maximum atomic E-state index is 9.08. The van der Waals surface area contributed by atoms with Gasteiger partial charge in [-0.3, -0.25) is 4.98 Å². The first-order valence-corrected chi connectivity index (χ1v) is 5.62. The van der Waals surface area contributed by atoms with E-state index in [4.69, 9.17) is 5.26 Å². The molecular weight excluding hydrogens is 218 g/mol. The minimum absolute atomic E-state index is 0.575. The second-order valence-electron chi connectivity index (χ2n) is 3.25. The van der Waals surface area contributed by atoms with Gasteiger partial charge in [0.2, 0.25) is 0 Å². The molecule has 0 spiro atoms. The highest BCUT2D eigenvalue weighted by atomic mass is 32.1. The van der Waals surface area contributed by atoms with Crippen LogP contribution in [0.4, 0.5) is 0 Å². The van der Waals surface area contributed by atoms with Crippen molar-refractivity contribution in [3.05, 3.63) is 46.2 Å². The van der Waals surface area contributed by atoms with Crippen LogP contribution in [0.15, 0.2) is 29.9 Å². The summed E-state index contributed by atoms with van der Waals surface area (Å²) in [5.74, 6) is 0. The van der Waals surface area contributed by atoms with E-state index in [2.05, 4.69) is 16.0 Å². The third-order valence-corrected chi connectivity index (χ3v) is 2.96. The molecule has 0 fully saturated rings. The predicted octanol–water partition coefficient (Wildman–Crippen LogP) is 2.91. The first-order valence-electron chi connectivity index (χ1n) is 4.74. The molecule has 0 saturated heterocycles. The van der Waals surface area contributed by atoms with Gasteiger partial charge >= 0.3 is 0 Å². The summed E-state index contributed by atoms with van der Waals surface area (Å²) in [6.07, 6.45) is 5.22. The fraction of sp³-hybridized carbons (Fsp3) is 0.0833. The normalized spacial score (nSPS) is 11.1. The van der Waals surface area contributed by atoms with Crippen LogP contribution in [-0.4, -0.2) is 9.97 Å². The lowest BCUT2D eigenvalue weighted by Gasteiger charge is -1.93. The molecule has 0 saturated carbocycles. The van der Waals surface area contributed by atoms with Crippen molar-refractivity contribution >= 4 is 23.0 Å². The lowest BCUT2D eigenvalue weighted by atomic mass is 10.2. The number of hydrogen-bond donors (Lipinski definition) is 0. The number of aromatic nitrogens is 2. The quantitative estimate of drug-likeness (QED) is 0.741. The Balaban J connectivity index is 2.38. The molecule has 0 aliphatic rings. The van der Waals surface area contributed by atoms with Gasteiger partial charge < -0.3 is 0 Å². The molecule has 2 heterocycles. The van der Waals surface area contributed by atoms with Crippen LogP contribution in [0.1, 0.15) is 16.3 Å². The summed E-state index contributed by atoms with van der Waals surface area (Å²) in [6.45, 7) is 1.92. The molecule has 0 atom stereocenters. The molecule has 2 aromatic rings. The van der Waals surface area contributed by atoms with E-state index < -0.39 is 0 Å². The van der Waals surface area contributed by atoms with Gasteiger partial charge in [-0.2, -0.15) is 5.26 Å². The largest absolute Gasteiger partial charge is 0.264 e. The van der Waals surface area contributed by atoms with Crippen molar-refractivity contribution in [2.24, 2.45) is 0 Å². The van der Waals surface area contributed by atoms with Gasteiger partial charge in [-0.1, -0.05) is 6.07 Å². The first kappa shape index (κ1) is 10.5. The van der Waals surface area contributed by atoms with E-state index in [1.54, 1.807) is 18.5 Å². The number of nitriles is 1. The highest BCUT2D eigenvalue weighted by Gasteiger charge is 2.05. The molecule has 0 N–H and O–H groups in total. The molecule has 0 unspecified atom stereocenters. The number of thiazole rings is 1. The zero-order chi connectivity index (χ0) is 11.4. The van der Waals surface area contributed by atoms with Gasteiger partial charge in [0.25, 0.3) is 0 Å². The number of pyridine rings is 1. The van der Waals surface area contributed by atoms with Crippen LogP contribution in [-0.2, 0) is 0 Å². The van der Waals surface area contributed by atoms with Crippen LogP contribution in [0, 0.1) is 18.3 Å². The molecule has 0 bridgehead atoms. The van der Waals surface area contributed by atoms with Crippen molar-refractivity contribution in [3.8, 4) is 6.07 Å². The summed E-state index contributed by atoms with van der Waals surface area (Å²) in [5, 5.41) is 11.8. The summed E-state index contributed by atoms with van der Waals surface area (Å²) >= 11 is 1.48. The SMILES string of the molecule is Cc1csc(/C(C#N)=C/c2cccnc2)n1. The van der Waals surface area contributed by atoms with Gasteiger partial charge in [0.1, 0.15) is 11.1 Å². The summed E-state index contributed by atoms with van der Waals surface area (Å²) in [6, 6.07) is 5.91. The molecule has 0 radical (unpaired) electrons. The van der Waals surface area contributed by atoms with E-state index >= 15 is 0 Å². The highest BCUT2D eigenvalue weighted by molar-refractivity contribution is 7.11. The number of allylic oxidation sites excluding steroid dienone is 1. The Kier molecular flexibility index (Phi) is 3.08. The molecule has 0 aromatic carbocycles. The van der Waals surface area contributed by atoms with Gasteiger partial charge in [0.15, 0.2) is 0 Å². The summed E-state index contributed by atoms with van der Waals surface area (Å²) in [4.78, 5) is 8.29. The molecule has 2 aromatic heterocycles. The Morgan fingerprint density at radius 2 is 2.44 bits per heavy atom. The molecule has 16 heavy (non-hydrogen) atoms. The van der Waals surface area contributed by atoms with Crippen molar-refractivity contribution in [1.29, 1.82) is 5.26 Å². The fourth-order valence-corrected chi connectivity index (χ4v) is 2.01. The zero-order valence-corrected chi connectivity index (χ0v) is 9.53. The van der Waals surface area contributed by atoms with E-state index in [1.807, 2.05) is 24.4 Å². The van der Waals surface area contributed by atoms with Crippen LogP contribution >= 0.6 is 11.3 Å². The highest BCUT2D eigenvalue weighted by Crippen LogP contribution is 2.20.